The number of amides is 1. The highest BCUT2D eigenvalue weighted by atomic mass is 16.5. The Morgan fingerprint density at radius 3 is 2.72 bits per heavy atom. The Morgan fingerprint density at radius 1 is 1.33 bits per heavy atom. The second-order valence-electron chi connectivity index (χ2n) is 4.45. The van der Waals surface area contributed by atoms with Crippen LogP contribution in [0.5, 0.6) is 5.75 Å². The Hall–Kier alpha value is -1.75. The number of hydrogen-bond acceptors (Lipinski definition) is 4. The molecular weight excluding hydrogens is 230 g/mol. The zero-order valence-corrected chi connectivity index (χ0v) is 10.6. The fourth-order valence-electron chi connectivity index (χ4n) is 2.11. The van der Waals surface area contributed by atoms with Gasteiger partial charge in [-0.25, -0.2) is 5.01 Å². The average Bonchev–Trinajstić information content (AvgIpc) is 2.40. The van der Waals surface area contributed by atoms with E-state index < -0.39 is 0 Å². The van der Waals surface area contributed by atoms with Gasteiger partial charge in [0.05, 0.1) is 12.7 Å². The molecule has 1 fully saturated rings. The highest BCUT2D eigenvalue weighted by Crippen LogP contribution is 2.21. The lowest BCUT2D eigenvalue weighted by Crippen LogP contribution is -2.45. The summed E-state index contributed by atoms with van der Waals surface area (Å²) >= 11 is 0. The molecule has 1 heterocycles. The van der Waals surface area contributed by atoms with E-state index in [2.05, 4.69) is 5.43 Å². The summed E-state index contributed by atoms with van der Waals surface area (Å²) in [6, 6.07) is 5.06. The number of benzene rings is 1. The number of nitrogens with zero attached hydrogens (tertiary/aromatic N) is 1. The summed E-state index contributed by atoms with van der Waals surface area (Å²) in [5.74, 6) is 0.375. The van der Waals surface area contributed by atoms with Crippen molar-refractivity contribution in [1.82, 2.24) is 10.4 Å². The van der Waals surface area contributed by atoms with Gasteiger partial charge in [-0.05, 0) is 31.0 Å². The Bertz CT molecular complexity index is 428. The van der Waals surface area contributed by atoms with Gasteiger partial charge in [-0.3, -0.25) is 10.2 Å². The number of nitrogen functional groups attached to an aromatic ring is 1. The lowest BCUT2D eigenvalue weighted by atomic mass is 10.1. The van der Waals surface area contributed by atoms with Crippen LogP contribution in [0.4, 0.5) is 5.69 Å². The first-order chi connectivity index (χ1) is 8.70. The van der Waals surface area contributed by atoms with Crippen LogP contribution in [0.15, 0.2) is 18.2 Å². The maximum absolute atomic E-state index is 12.2. The zero-order valence-electron chi connectivity index (χ0n) is 10.6. The highest BCUT2D eigenvalue weighted by Gasteiger charge is 2.17. The van der Waals surface area contributed by atoms with Gasteiger partial charge in [-0.15, -0.1) is 0 Å². The molecule has 1 saturated heterocycles. The van der Waals surface area contributed by atoms with Gasteiger partial charge < -0.3 is 10.5 Å². The van der Waals surface area contributed by atoms with Crippen LogP contribution in [0.25, 0.3) is 0 Å². The Kier molecular flexibility index (Phi) is 4.04. The molecule has 5 nitrogen and oxygen atoms in total. The molecule has 1 aromatic carbocycles. The molecule has 0 bridgehead atoms. The van der Waals surface area contributed by atoms with E-state index in [-0.39, 0.29) is 5.91 Å². The van der Waals surface area contributed by atoms with Crippen molar-refractivity contribution < 1.29 is 9.53 Å². The minimum atomic E-state index is -0.166. The third-order valence-corrected chi connectivity index (χ3v) is 3.08. The van der Waals surface area contributed by atoms with Crippen LogP contribution in [-0.4, -0.2) is 31.1 Å². The number of hydrogen-bond donors (Lipinski definition) is 2. The topological polar surface area (TPSA) is 67.6 Å². The monoisotopic (exact) mass is 249 g/mol. The summed E-state index contributed by atoms with van der Waals surface area (Å²) in [7, 11) is 1.54. The average molecular weight is 249 g/mol. The molecule has 0 aliphatic carbocycles. The Labute approximate surface area is 107 Å². The molecule has 0 saturated carbocycles. The molecule has 3 N–H and O–H groups in total. The molecule has 0 spiro atoms. The van der Waals surface area contributed by atoms with Crippen LogP contribution in [0.3, 0.4) is 0 Å². The van der Waals surface area contributed by atoms with Gasteiger partial charge in [0.15, 0.2) is 0 Å². The third kappa shape index (κ3) is 2.92. The summed E-state index contributed by atoms with van der Waals surface area (Å²) in [5, 5.41) is 1.95. The number of anilines is 1. The number of piperidine rings is 1. The van der Waals surface area contributed by atoms with Gasteiger partial charge in [0.1, 0.15) is 5.75 Å². The number of carbonyl (C=O) groups is 1. The first kappa shape index (κ1) is 12.7. The van der Waals surface area contributed by atoms with Crippen LogP contribution in [0.2, 0.25) is 0 Å². The van der Waals surface area contributed by atoms with E-state index in [1.165, 1.54) is 6.42 Å². The van der Waals surface area contributed by atoms with E-state index in [1.54, 1.807) is 25.3 Å². The van der Waals surface area contributed by atoms with Gasteiger partial charge in [0, 0.05) is 18.8 Å². The molecule has 18 heavy (non-hydrogen) atoms. The van der Waals surface area contributed by atoms with Crippen LogP contribution in [-0.2, 0) is 0 Å². The van der Waals surface area contributed by atoms with Crippen molar-refractivity contribution in [3.63, 3.8) is 0 Å². The maximum atomic E-state index is 12.2. The second kappa shape index (κ2) is 5.73. The van der Waals surface area contributed by atoms with E-state index in [0.717, 1.165) is 25.9 Å². The molecular formula is C13H19N3O2. The van der Waals surface area contributed by atoms with Crippen LogP contribution in [0, 0.1) is 0 Å². The Balaban J connectivity index is 2.09. The predicted octanol–water partition coefficient (Wildman–Crippen LogP) is 1.41. The summed E-state index contributed by atoms with van der Waals surface area (Å²) in [4.78, 5) is 12.2. The van der Waals surface area contributed by atoms with Gasteiger partial charge >= 0.3 is 0 Å². The smallest absolute Gasteiger partial charge is 0.269 e. The highest BCUT2D eigenvalue weighted by molar-refractivity contribution is 5.97. The quantitative estimate of drug-likeness (QED) is 0.795. The predicted molar refractivity (Wildman–Crippen MR) is 70.3 cm³/mol. The molecule has 5 heteroatoms. The van der Waals surface area contributed by atoms with E-state index in [4.69, 9.17) is 10.5 Å². The normalized spacial score (nSPS) is 16.3. The zero-order chi connectivity index (χ0) is 13.0. The SMILES string of the molecule is COc1ccc(N)cc1C(=O)NN1CCCCC1. The first-order valence-electron chi connectivity index (χ1n) is 6.20. The van der Waals surface area contributed by atoms with E-state index in [9.17, 15) is 4.79 Å². The summed E-state index contributed by atoms with van der Waals surface area (Å²) in [5.41, 5.74) is 9.63. The van der Waals surface area contributed by atoms with Crippen molar-refractivity contribution in [1.29, 1.82) is 0 Å². The van der Waals surface area contributed by atoms with Gasteiger partial charge in [0.2, 0.25) is 0 Å². The van der Waals surface area contributed by atoms with Crippen molar-refractivity contribution in [2.45, 2.75) is 19.3 Å². The van der Waals surface area contributed by atoms with Crippen molar-refractivity contribution in [2.75, 3.05) is 25.9 Å². The van der Waals surface area contributed by atoms with Crippen molar-refractivity contribution in [3.8, 4) is 5.75 Å². The van der Waals surface area contributed by atoms with Gasteiger partial charge in [-0.2, -0.15) is 0 Å². The standard InChI is InChI=1S/C13H19N3O2/c1-18-12-6-5-10(14)9-11(12)13(17)15-16-7-3-2-4-8-16/h5-6,9H,2-4,7-8,14H2,1H3,(H,15,17). The minimum Gasteiger partial charge on any atom is -0.496 e. The summed E-state index contributed by atoms with van der Waals surface area (Å²) in [6.45, 7) is 1.80. The maximum Gasteiger partial charge on any atom is 0.269 e. The number of nitrogens with two attached hydrogens (primary N) is 1. The van der Waals surface area contributed by atoms with Crippen LogP contribution < -0.4 is 15.9 Å². The van der Waals surface area contributed by atoms with Crippen LogP contribution >= 0.6 is 0 Å². The van der Waals surface area contributed by atoms with E-state index >= 15 is 0 Å². The number of ether oxygens (including phenoxy) is 1. The lowest BCUT2D eigenvalue weighted by Gasteiger charge is -2.27. The minimum absolute atomic E-state index is 0.166. The molecule has 98 valence electrons. The number of rotatable bonds is 3. The molecule has 0 atom stereocenters. The van der Waals surface area contributed by atoms with Crippen LogP contribution in [0.1, 0.15) is 29.6 Å². The van der Waals surface area contributed by atoms with E-state index in [1.807, 2.05) is 5.01 Å². The molecule has 1 amide bonds. The number of methoxy groups -OCH3 is 1. The molecule has 2 rings (SSSR count). The fourth-order valence-corrected chi connectivity index (χ4v) is 2.11. The third-order valence-electron chi connectivity index (χ3n) is 3.08. The summed E-state index contributed by atoms with van der Waals surface area (Å²) in [6.07, 6.45) is 3.47. The van der Waals surface area contributed by atoms with Crippen molar-refractivity contribution in [3.05, 3.63) is 23.8 Å². The second-order valence-corrected chi connectivity index (χ2v) is 4.45. The lowest BCUT2D eigenvalue weighted by molar-refractivity contribution is 0.0747. The van der Waals surface area contributed by atoms with E-state index in [0.29, 0.717) is 17.0 Å². The molecule has 1 aliphatic heterocycles. The Morgan fingerprint density at radius 2 is 2.06 bits per heavy atom. The first-order valence-corrected chi connectivity index (χ1v) is 6.20. The molecule has 1 aliphatic rings. The molecule has 0 radical (unpaired) electrons. The van der Waals surface area contributed by atoms with Crippen molar-refractivity contribution in [2.24, 2.45) is 0 Å². The number of nitrogens with one attached hydrogen (secondary N) is 1. The fraction of sp³-hybridized carbons (Fsp3) is 0.462. The molecule has 1 aromatic rings. The van der Waals surface area contributed by atoms with Gasteiger partial charge in [-0.1, -0.05) is 6.42 Å². The largest absolute Gasteiger partial charge is 0.496 e. The number of hydrazine groups is 1. The molecule has 0 aromatic heterocycles. The van der Waals surface area contributed by atoms with Crippen molar-refractivity contribution >= 4 is 11.6 Å². The van der Waals surface area contributed by atoms with Gasteiger partial charge in [0.25, 0.3) is 5.91 Å². The number of carbonyl (C=O) groups excluding carboxylic acids is 1. The molecule has 0 unspecified atom stereocenters. The summed E-state index contributed by atoms with van der Waals surface area (Å²) < 4.78 is 5.18.